The van der Waals surface area contributed by atoms with Crippen molar-refractivity contribution in [1.29, 1.82) is 0 Å². The Kier molecular flexibility index (Phi) is 3.71. The third-order valence-corrected chi connectivity index (χ3v) is 4.41. The minimum atomic E-state index is -4.40. The van der Waals surface area contributed by atoms with Crippen molar-refractivity contribution in [3.05, 3.63) is 0 Å². The topological polar surface area (TPSA) is 34.1 Å². The van der Waals surface area contributed by atoms with Crippen LogP contribution in [-0.2, 0) is 9.84 Å². The molecule has 0 amide bonds. The van der Waals surface area contributed by atoms with Crippen LogP contribution in [0.5, 0.6) is 0 Å². The van der Waals surface area contributed by atoms with E-state index in [1.807, 2.05) is 0 Å². The van der Waals surface area contributed by atoms with Crippen molar-refractivity contribution < 1.29 is 17.2 Å². The lowest BCUT2D eigenvalue weighted by atomic mass is 10.1. The standard InChI is InChI=1S/C9H18F2O2S/c1-7(2)6-9(10,11)14(12,13)8(3,4)5/h7H,6H2,1-5H3. The normalized spacial score (nSPS) is 14.9. The summed E-state index contributed by atoms with van der Waals surface area (Å²) in [6.07, 6.45) is -0.618. The maximum atomic E-state index is 13.4. The largest absolute Gasteiger partial charge is 0.346 e. The van der Waals surface area contributed by atoms with Gasteiger partial charge in [0.05, 0.1) is 4.75 Å². The summed E-state index contributed by atoms with van der Waals surface area (Å²) in [5.74, 6) is -0.345. The molecule has 0 spiro atoms. The Morgan fingerprint density at radius 3 is 1.71 bits per heavy atom. The molecule has 0 aromatic rings. The fourth-order valence-corrected chi connectivity index (χ4v) is 2.48. The van der Waals surface area contributed by atoms with Gasteiger partial charge in [0.15, 0.2) is 0 Å². The Morgan fingerprint density at radius 1 is 1.14 bits per heavy atom. The molecule has 86 valence electrons. The molecular formula is C9H18F2O2S. The van der Waals surface area contributed by atoms with Gasteiger partial charge in [-0.2, -0.15) is 8.78 Å². The molecule has 2 nitrogen and oxygen atoms in total. The first-order valence-electron chi connectivity index (χ1n) is 4.54. The molecule has 0 atom stereocenters. The van der Waals surface area contributed by atoms with E-state index >= 15 is 0 Å². The van der Waals surface area contributed by atoms with Crippen molar-refractivity contribution in [1.82, 2.24) is 0 Å². The highest BCUT2D eigenvalue weighted by molar-refractivity contribution is 7.93. The Bertz CT molecular complexity index is 286. The molecule has 14 heavy (non-hydrogen) atoms. The van der Waals surface area contributed by atoms with Gasteiger partial charge in [-0.3, -0.25) is 0 Å². The molecule has 0 saturated heterocycles. The highest BCUT2D eigenvalue weighted by atomic mass is 32.2. The van der Waals surface area contributed by atoms with Crippen LogP contribution in [0.25, 0.3) is 0 Å². The third kappa shape index (κ3) is 2.65. The molecule has 0 aliphatic rings. The van der Waals surface area contributed by atoms with E-state index in [2.05, 4.69) is 0 Å². The van der Waals surface area contributed by atoms with Crippen molar-refractivity contribution in [3.8, 4) is 0 Å². The quantitative estimate of drug-likeness (QED) is 0.744. The van der Waals surface area contributed by atoms with E-state index in [4.69, 9.17) is 0 Å². The van der Waals surface area contributed by atoms with Crippen molar-refractivity contribution in [3.63, 3.8) is 0 Å². The molecule has 0 aliphatic heterocycles. The van der Waals surface area contributed by atoms with Crippen LogP contribution in [0, 0.1) is 5.92 Å². The third-order valence-electron chi connectivity index (χ3n) is 1.85. The summed E-state index contributed by atoms with van der Waals surface area (Å²) in [6.45, 7) is 7.02. The molecule has 0 aromatic carbocycles. The number of sulfone groups is 1. The van der Waals surface area contributed by atoms with E-state index in [1.165, 1.54) is 20.8 Å². The second kappa shape index (κ2) is 3.76. The summed E-state index contributed by atoms with van der Waals surface area (Å²) < 4.78 is 48.2. The van der Waals surface area contributed by atoms with Crippen LogP contribution < -0.4 is 0 Å². The van der Waals surface area contributed by atoms with Gasteiger partial charge in [-0.1, -0.05) is 13.8 Å². The van der Waals surface area contributed by atoms with Crippen LogP contribution in [0.15, 0.2) is 0 Å². The van der Waals surface area contributed by atoms with Crippen molar-refractivity contribution >= 4 is 9.84 Å². The highest BCUT2D eigenvalue weighted by Crippen LogP contribution is 2.36. The lowest BCUT2D eigenvalue weighted by Gasteiger charge is -2.27. The Morgan fingerprint density at radius 2 is 1.50 bits per heavy atom. The summed E-state index contributed by atoms with van der Waals surface area (Å²) in [7, 11) is -4.40. The van der Waals surface area contributed by atoms with Crippen LogP contribution in [-0.4, -0.2) is 18.4 Å². The molecule has 0 unspecified atom stereocenters. The zero-order valence-electron chi connectivity index (χ0n) is 9.27. The van der Waals surface area contributed by atoms with Crippen LogP contribution in [0.2, 0.25) is 0 Å². The molecule has 0 fully saturated rings. The van der Waals surface area contributed by atoms with E-state index < -0.39 is 26.3 Å². The Balaban J connectivity index is 5.10. The van der Waals surface area contributed by atoms with Crippen molar-refractivity contribution in [2.24, 2.45) is 5.92 Å². The van der Waals surface area contributed by atoms with Crippen LogP contribution in [0.4, 0.5) is 8.78 Å². The molecule has 0 bridgehead atoms. The fourth-order valence-electron chi connectivity index (χ4n) is 1.03. The maximum Gasteiger partial charge on any atom is 0.346 e. The maximum absolute atomic E-state index is 13.4. The van der Waals surface area contributed by atoms with Gasteiger partial charge in [-0.05, 0) is 26.7 Å². The van der Waals surface area contributed by atoms with E-state index in [9.17, 15) is 17.2 Å². The summed E-state index contributed by atoms with van der Waals surface area (Å²) in [5.41, 5.74) is 0. The summed E-state index contributed by atoms with van der Waals surface area (Å²) >= 11 is 0. The summed E-state index contributed by atoms with van der Waals surface area (Å²) in [6, 6.07) is 0. The zero-order chi connectivity index (χ0) is 11.8. The summed E-state index contributed by atoms with van der Waals surface area (Å²) in [5, 5.41) is -3.63. The predicted octanol–water partition coefficient (Wildman–Crippen LogP) is 2.84. The minimum absolute atomic E-state index is 0.345. The van der Waals surface area contributed by atoms with Gasteiger partial charge in [0.1, 0.15) is 0 Å². The SMILES string of the molecule is CC(C)CC(F)(F)S(=O)(=O)C(C)(C)C. The number of hydrogen-bond donors (Lipinski definition) is 0. The lowest BCUT2D eigenvalue weighted by Crippen LogP contribution is -2.42. The monoisotopic (exact) mass is 228 g/mol. The van der Waals surface area contributed by atoms with Crippen molar-refractivity contribution in [2.75, 3.05) is 0 Å². The van der Waals surface area contributed by atoms with E-state index in [0.29, 0.717) is 0 Å². The molecule has 5 heteroatoms. The first-order valence-corrected chi connectivity index (χ1v) is 6.02. The number of alkyl halides is 2. The van der Waals surface area contributed by atoms with Crippen LogP contribution in [0.1, 0.15) is 41.0 Å². The Labute approximate surface area is 84.6 Å². The predicted molar refractivity (Wildman–Crippen MR) is 53.1 cm³/mol. The molecule has 0 rings (SSSR count). The van der Waals surface area contributed by atoms with Gasteiger partial charge in [0.25, 0.3) is 0 Å². The number of rotatable bonds is 3. The average molecular weight is 228 g/mol. The average Bonchev–Trinajstić information content (AvgIpc) is 1.80. The molecule has 0 heterocycles. The first kappa shape index (κ1) is 13.8. The van der Waals surface area contributed by atoms with Gasteiger partial charge in [0.2, 0.25) is 9.84 Å². The molecular weight excluding hydrogens is 210 g/mol. The second-order valence-electron chi connectivity index (χ2n) is 4.85. The van der Waals surface area contributed by atoms with Gasteiger partial charge in [-0.15, -0.1) is 0 Å². The number of halogens is 2. The van der Waals surface area contributed by atoms with Gasteiger partial charge in [0, 0.05) is 6.42 Å². The van der Waals surface area contributed by atoms with Gasteiger partial charge >= 0.3 is 5.25 Å². The summed E-state index contributed by atoms with van der Waals surface area (Å²) in [4.78, 5) is 0. The van der Waals surface area contributed by atoms with Crippen molar-refractivity contribution in [2.45, 2.75) is 51.0 Å². The molecule has 0 aromatic heterocycles. The zero-order valence-corrected chi connectivity index (χ0v) is 10.1. The van der Waals surface area contributed by atoms with Crippen LogP contribution >= 0.6 is 0 Å². The van der Waals surface area contributed by atoms with Gasteiger partial charge in [-0.25, -0.2) is 8.42 Å². The highest BCUT2D eigenvalue weighted by Gasteiger charge is 2.51. The lowest BCUT2D eigenvalue weighted by molar-refractivity contribution is 0.0657. The van der Waals surface area contributed by atoms with E-state index in [1.54, 1.807) is 13.8 Å². The fraction of sp³-hybridized carbons (Fsp3) is 1.00. The number of hydrogen-bond acceptors (Lipinski definition) is 2. The first-order chi connectivity index (χ1) is 5.92. The van der Waals surface area contributed by atoms with Gasteiger partial charge < -0.3 is 0 Å². The molecule has 0 N–H and O–H groups in total. The molecule has 0 aliphatic carbocycles. The second-order valence-corrected chi connectivity index (χ2v) is 7.68. The van der Waals surface area contributed by atoms with Crippen LogP contribution in [0.3, 0.4) is 0 Å². The minimum Gasteiger partial charge on any atom is -0.222 e. The molecule has 0 saturated carbocycles. The Hall–Kier alpha value is -0.190. The molecule has 0 radical (unpaired) electrons. The smallest absolute Gasteiger partial charge is 0.222 e. The van der Waals surface area contributed by atoms with E-state index in [-0.39, 0.29) is 5.92 Å². The van der Waals surface area contributed by atoms with E-state index in [0.717, 1.165) is 0 Å².